The van der Waals surface area contributed by atoms with Crippen molar-refractivity contribution in [2.75, 3.05) is 17.7 Å². The number of anilines is 4. The first-order valence-corrected chi connectivity index (χ1v) is 12.8. The van der Waals surface area contributed by atoms with Crippen LogP contribution in [0.5, 0.6) is 0 Å². The normalized spacial score (nSPS) is 11.9. The number of aromatic nitrogens is 2. The number of nitrogens with zero attached hydrogens (tertiary/aromatic N) is 1. The number of aromatic amines is 1. The van der Waals surface area contributed by atoms with Crippen molar-refractivity contribution >= 4 is 53.8 Å². The molecule has 0 radical (unpaired) electrons. The van der Waals surface area contributed by atoms with E-state index in [1.807, 2.05) is 0 Å². The Bertz CT molecular complexity index is 1670. The fourth-order valence-electron chi connectivity index (χ4n) is 3.32. The molecule has 2 heterocycles. The van der Waals surface area contributed by atoms with Crippen molar-refractivity contribution < 1.29 is 16.8 Å². The van der Waals surface area contributed by atoms with Gasteiger partial charge in [0, 0.05) is 11.9 Å². The number of sulfonamides is 2. The average Bonchev–Trinajstić information content (AvgIpc) is 2.79. The van der Waals surface area contributed by atoms with Crippen molar-refractivity contribution in [3.8, 4) is 0 Å². The first-order valence-electron chi connectivity index (χ1n) is 9.80. The van der Waals surface area contributed by atoms with Gasteiger partial charge in [-0.3, -0.25) is 4.79 Å². The molecule has 0 saturated carbocycles. The van der Waals surface area contributed by atoms with Crippen LogP contribution in [0.3, 0.4) is 0 Å². The van der Waals surface area contributed by atoms with Gasteiger partial charge < -0.3 is 15.6 Å². The number of nitrogens with one attached hydrogen (secondary N) is 4. The summed E-state index contributed by atoms with van der Waals surface area (Å²) in [6.45, 7) is 0. The smallest absolute Gasteiger partial charge is 0.259 e. The van der Waals surface area contributed by atoms with Gasteiger partial charge in [-0.2, -0.15) is 0 Å². The van der Waals surface area contributed by atoms with E-state index in [4.69, 9.17) is 5.14 Å². The number of hydrogen-bond donors (Lipinski definition) is 5. The number of nitrogens with two attached hydrogens (primary N) is 1. The summed E-state index contributed by atoms with van der Waals surface area (Å²) in [6.07, 6.45) is 1.47. The van der Waals surface area contributed by atoms with E-state index < -0.39 is 25.6 Å². The van der Waals surface area contributed by atoms with Gasteiger partial charge in [0.15, 0.2) is 0 Å². The van der Waals surface area contributed by atoms with Crippen LogP contribution >= 0.6 is 0 Å². The summed E-state index contributed by atoms with van der Waals surface area (Å²) in [5.41, 5.74) is 0.160. The summed E-state index contributed by atoms with van der Waals surface area (Å²) >= 11 is 0. The largest absolute Gasteiger partial charge is 0.339 e. The van der Waals surface area contributed by atoms with E-state index in [9.17, 15) is 21.6 Å². The molecular formula is C21H20N6O5S2. The molecule has 0 aliphatic rings. The molecule has 6 N–H and O–H groups in total. The highest BCUT2D eigenvalue weighted by molar-refractivity contribution is 7.89. The highest BCUT2D eigenvalue weighted by Gasteiger charge is 2.16. The fraction of sp³-hybridized carbons (Fsp3) is 0.0476. The van der Waals surface area contributed by atoms with E-state index >= 15 is 0 Å². The number of benzene rings is 2. The predicted octanol–water partition coefficient (Wildman–Crippen LogP) is 1.97. The fourth-order valence-corrected chi connectivity index (χ4v) is 4.79. The zero-order valence-corrected chi connectivity index (χ0v) is 19.4. The lowest BCUT2D eigenvalue weighted by molar-refractivity contribution is 0.588. The number of rotatable bonds is 7. The second-order valence-electron chi connectivity index (χ2n) is 7.15. The second kappa shape index (κ2) is 8.87. The SMILES string of the molecule is CNS(=O)(=O)c1cccc(Nc2nc(Nc3ccccc3S(N)(=O)=O)cc3cc[nH]c(=O)c23)c1. The zero-order valence-electron chi connectivity index (χ0n) is 17.7. The van der Waals surface area contributed by atoms with Gasteiger partial charge in [-0.15, -0.1) is 0 Å². The summed E-state index contributed by atoms with van der Waals surface area (Å²) in [5, 5.41) is 12.0. The monoisotopic (exact) mass is 500 g/mol. The number of hydrogen-bond acceptors (Lipinski definition) is 8. The zero-order chi connectivity index (χ0) is 24.5. The molecule has 0 unspecified atom stereocenters. The van der Waals surface area contributed by atoms with Gasteiger partial charge in [0.05, 0.1) is 16.0 Å². The Hall–Kier alpha value is -3.78. The Kier molecular flexibility index (Phi) is 6.10. The lowest BCUT2D eigenvalue weighted by Crippen LogP contribution is -2.18. The second-order valence-corrected chi connectivity index (χ2v) is 10.6. The number of pyridine rings is 2. The molecule has 0 aliphatic heterocycles. The molecule has 176 valence electrons. The van der Waals surface area contributed by atoms with Crippen LogP contribution in [0.1, 0.15) is 0 Å². The van der Waals surface area contributed by atoms with Crippen LogP contribution in [-0.2, 0) is 20.0 Å². The maximum absolute atomic E-state index is 12.6. The van der Waals surface area contributed by atoms with Crippen molar-refractivity contribution in [2.24, 2.45) is 5.14 Å². The minimum Gasteiger partial charge on any atom is -0.339 e. The molecule has 0 atom stereocenters. The van der Waals surface area contributed by atoms with Crippen molar-refractivity contribution in [3.63, 3.8) is 0 Å². The van der Waals surface area contributed by atoms with Crippen molar-refractivity contribution in [1.82, 2.24) is 14.7 Å². The third-order valence-electron chi connectivity index (χ3n) is 4.89. The lowest BCUT2D eigenvalue weighted by Gasteiger charge is -2.14. The topological polar surface area (TPSA) is 176 Å². The Morgan fingerprint density at radius 3 is 2.44 bits per heavy atom. The maximum atomic E-state index is 12.6. The number of H-pyrrole nitrogens is 1. The van der Waals surface area contributed by atoms with Crippen LogP contribution in [-0.4, -0.2) is 33.9 Å². The van der Waals surface area contributed by atoms with Crippen LogP contribution in [0.15, 0.2) is 81.4 Å². The van der Waals surface area contributed by atoms with Gasteiger partial charge in [-0.25, -0.2) is 31.7 Å². The van der Waals surface area contributed by atoms with Crippen LogP contribution in [0.2, 0.25) is 0 Å². The standard InChI is InChI=1S/C21H20N6O5S2/c1-23-34(31,32)15-6-4-5-14(12-15)25-20-19-13(9-10-24-21(19)28)11-18(27-20)26-16-7-2-3-8-17(16)33(22,29)30/h2-12,23H,1H3,(H,24,28)(H2,22,29,30)(H2,25,26,27). The highest BCUT2D eigenvalue weighted by atomic mass is 32.2. The van der Waals surface area contributed by atoms with Gasteiger partial charge >= 0.3 is 0 Å². The molecule has 4 aromatic rings. The first-order chi connectivity index (χ1) is 16.1. The molecule has 0 amide bonds. The molecule has 0 aliphatic carbocycles. The highest BCUT2D eigenvalue weighted by Crippen LogP contribution is 2.29. The Morgan fingerprint density at radius 2 is 1.71 bits per heavy atom. The third kappa shape index (κ3) is 4.77. The summed E-state index contributed by atoms with van der Waals surface area (Å²) in [6, 6.07) is 15.3. The maximum Gasteiger partial charge on any atom is 0.259 e. The van der Waals surface area contributed by atoms with Crippen molar-refractivity contribution in [2.45, 2.75) is 9.79 Å². The van der Waals surface area contributed by atoms with E-state index in [2.05, 4.69) is 25.3 Å². The van der Waals surface area contributed by atoms with E-state index in [1.54, 1.807) is 30.3 Å². The summed E-state index contributed by atoms with van der Waals surface area (Å²) in [4.78, 5) is 19.5. The molecule has 0 bridgehead atoms. The van der Waals surface area contributed by atoms with Crippen molar-refractivity contribution in [3.05, 3.63) is 77.2 Å². The predicted molar refractivity (Wildman–Crippen MR) is 129 cm³/mol. The average molecular weight is 501 g/mol. The minimum absolute atomic E-state index is 0.0228. The third-order valence-corrected chi connectivity index (χ3v) is 7.27. The molecule has 0 spiro atoms. The van der Waals surface area contributed by atoms with Crippen LogP contribution in [0, 0.1) is 0 Å². The molecule has 13 heteroatoms. The van der Waals surface area contributed by atoms with E-state index in [0.717, 1.165) is 0 Å². The quantitative estimate of drug-likeness (QED) is 0.256. The summed E-state index contributed by atoms with van der Waals surface area (Å²) in [7, 11) is -6.39. The molecule has 4 rings (SSSR count). The summed E-state index contributed by atoms with van der Waals surface area (Å²) in [5.74, 6) is 0.365. The Morgan fingerprint density at radius 1 is 0.941 bits per heavy atom. The van der Waals surface area contributed by atoms with Crippen molar-refractivity contribution in [1.29, 1.82) is 0 Å². The van der Waals surface area contributed by atoms with Gasteiger partial charge in [0.2, 0.25) is 20.0 Å². The first kappa shape index (κ1) is 23.4. The molecule has 2 aromatic carbocycles. The Labute approximate surface area is 195 Å². The minimum atomic E-state index is -4.01. The van der Waals surface area contributed by atoms with Crippen LogP contribution in [0.4, 0.5) is 23.0 Å². The Balaban J connectivity index is 1.83. The molecule has 0 fully saturated rings. The van der Waals surface area contributed by atoms with Crippen LogP contribution in [0.25, 0.3) is 10.8 Å². The molecule has 11 nitrogen and oxygen atoms in total. The van der Waals surface area contributed by atoms with Gasteiger partial charge in [-0.1, -0.05) is 18.2 Å². The molecule has 2 aromatic heterocycles. The lowest BCUT2D eigenvalue weighted by atomic mass is 10.2. The van der Waals surface area contributed by atoms with Gasteiger partial charge in [-0.05, 0) is 54.9 Å². The molecular weight excluding hydrogens is 480 g/mol. The van der Waals surface area contributed by atoms with E-state index in [0.29, 0.717) is 11.1 Å². The summed E-state index contributed by atoms with van der Waals surface area (Å²) < 4.78 is 50.5. The van der Waals surface area contributed by atoms with Crippen LogP contribution < -0.4 is 26.1 Å². The van der Waals surface area contributed by atoms with E-state index in [-0.39, 0.29) is 32.5 Å². The number of primary sulfonamides is 1. The molecule has 34 heavy (non-hydrogen) atoms. The van der Waals surface area contributed by atoms with Gasteiger partial charge in [0.25, 0.3) is 5.56 Å². The van der Waals surface area contributed by atoms with Gasteiger partial charge in [0.1, 0.15) is 16.5 Å². The molecule has 0 saturated heterocycles. The number of fused-ring (bicyclic) bond motifs is 1. The van der Waals surface area contributed by atoms with E-state index in [1.165, 1.54) is 43.6 Å². The number of para-hydroxylation sites is 1.